The van der Waals surface area contributed by atoms with Gasteiger partial charge in [-0.1, -0.05) is 12.1 Å². The second kappa shape index (κ2) is 7.77. The lowest BCUT2D eigenvalue weighted by Crippen LogP contribution is -2.46. The van der Waals surface area contributed by atoms with E-state index in [1.165, 1.54) is 12.1 Å². The molecule has 26 heavy (non-hydrogen) atoms. The van der Waals surface area contributed by atoms with Gasteiger partial charge in [0.1, 0.15) is 5.82 Å². The van der Waals surface area contributed by atoms with Crippen LogP contribution in [0.4, 0.5) is 4.39 Å². The van der Waals surface area contributed by atoms with Crippen molar-refractivity contribution in [2.75, 3.05) is 39.8 Å². The number of nitrogens with zero attached hydrogens (tertiary/aromatic N) is 6. The van der Waals surface area contributed by atoms with Crippen LogP contribution in [0.2, 0.25) is 0 Å². The Morgan fingerprint density at radius 2 is 1.96 bits per heavy atom. The Bertz CT molecular complexity index is 707. The zero-order valence-electron chi connectivity index (χ0n) is 15.1. The minimum atomic E-state index is -0.232. The number of hydrogen-bond acceptors (Lipinski definition) is 6. The number of tetrazole rings is 1. The molecule has 2 aliphatic rings. The summed E-state index contributed by atoms with van der Waals surface area (Å²) in [4.78, 5) is 4.69. The molecule has 0 saturated carbocycles. The van der Waals surface area contributed by atoms with Gasteiger partial charge in [-0.3, -0.25) is 4.90 Å². The van der Waals surface area contributed by atoms with Gasteiger partial charge in [0.2, 0.25) is 0 Å². The maximum absolute atomic E-state index is 13.5. The molecule has 3 heterocycles. The van der Waals surface area contributed by atoms with E-state index < -0.39 is 0 Å². The Kier molecular flexibility index (Phi) is 5.23. The van der Waals surface area contributed by atoms with E-state index in [2.05, 4.69) is 32.4 Å². The summed E-state index contributed by atoms with van der Waals surface area (Å²) in [6, 6.07) is 6.60. The van der Waals surface area contributed by atoms with Gasteiger partial charge in [0, 0.05) is 32.8 Å². The topological polar surface area (TPSA) is 59.3 Å². The van der Waals surface area contributed by atoms with Gasteiger partial charge in [-0.2, -0.15) is 0 Å². The van der Waals surface area contributed by atoms with Crippen LogP contribution >= 0.6 is 0 Å². The van der Waals surface area contributed by atoms with Gasteiger partial charge in [0.25, 0.3) is 0 Å². The van der Waals surface area contributed by atoms with E-state index in [0.717, 1.165) is 57.0 Å². The van der Waals surface area contributed by atoms with Crippen molar-refractivity contribution in [3.63, 3.8) is 0 Å². The van der Waals surface area contributed by atoms with Gasteiger partial charge >= 0.3 is 0 Å². The normalized spacial score (nSPS) is 23.4. The maximum atomic E-state index is 13.5. The molecule has 2 atom stereocenters. The number of rotatable bonds is 5. The van der Waals surface area contributed by atoms with Gasteiger partial charge in [-0.05, 0) is 48.0 Å². The molecule has 2 aliphatic heterocycles. The fraction of sp³-hybridized carbons (Fsp3) is 0.611. The van der Waals surface area contributed by atoms with Crippen LogP contribution < -0.4 is 0 Å². The first-order valence-electron chi connectivity index (χ1n) is 9.26. The van der Waals surface area contributed by atoms with E-state index >= 15 is 0 Å². The summed E-state index contributed by atoms with van der Waals surface area (Å²) in [7, 11) is 2.13. The summed E-state index contributed by atoms with van der Waals surface area (Å²) >= 11 is 0. The van der Waals surface area contributed by atoms with Crippen LogP contribution in [-0.2, 0) is 11.3 Å². The Labute approximate surface area is 152 Å². The smallest absolute Gasteiger partial charge is 0.173 e. The van der Waals surface area contributed by atoms with E-state index in [9.17, 15) is 4.39 Å². The highest BCUT2D eigenvalue weighted by atomic mass is 19.1. The summed E-state index contributed by atoms with van der Waals surface area (Å²) in [5, 5.41) is 12.5. The summed E-state index contributed by atoms with van der Waals surface area (Å²) in [5.74, 6) is 0.571. The van der Waals surface area contributed by atoms with Crippen molar-refractivity contribution in [2.45, 2.75) is 31.5 Å². The monoisotopic (exact) mass is 360 g/mol. The predicted octanol–water partition coefficient (Wildman–Crippen LogP) is 1.33. The van der Waals surface area contributed by atoms with Crippen LogP contribution in [0.15, 0.2) is 24.3 Å². The first kappa shape index (κ1) is 17.5. The van der Waals surface area contributed by atoms with Gasteiger partial charge in [0.15, 0.2) is 5.82 Å². The predicted molar refractivity (Wildman–Crippen MR) is 94.1 cm³/mol. The highest BCUT2D eigenvalue weighted by Crippen LogP contribution is 2.28. The molecular weight excluding hydrogens is 335 g/mol. The molecule has 2 unspecified atom stereocenters. The molecule has 4 rings (SSSR count). The number of halogens is 1. The molecule has 2 aromatic rings. The molecular formula is C18H25FN6O. The Balaban J connectivity index is 1.64. The van der Waals surface area contributed by atoms with Crippen molar-refractivity contribution in [2.24, 2.45) is 0 Å². The quantitative estimate of drug-likeness (QED) is 0.802. The Hall–Kier alpha value is -1.90. The third-order valence-electron chi connectivity index (χ3n) is 5.29. The number of hydrogen-bond donors (Lipinski definition) is 0. The molecule has 0 amide bonds. The van der Waals surface area contributed by atoms with Crippen LogP contribution in [0, 0.1) is 5.82 Å². The molecule has 140 valence electrons. The van der Waals surface area contributed by atoms with Crippen LogP contribution in [0.1, 0.15) is 30.3 Å². The second-order valence-corrected chi connectivity index (χ2v) is 7.15. The van der Waals surface area contributed by atoms with Crippen molar-refractivity contribution in [3.05, 3.63) is 41.5 Å². The highest BCUT2D eigenvalue weighted by Gasteiger charge is 2.31. The van der Waals surface area contributed by atoms with Crippen LogP contribution in [-0.4, -0.2) is 75.9 Å². The van der Waals surface area contributed by atoms with E-state index in [-0.39, 0.29) is 18.0 Å². The maximum Gasteiger partial charge on any atom is 0.173 e. The summed E-state index contributed by atoms with van der Waals surface area (Å²) in [5.41, 5.74) is 1.01. The average Bonchev–Trinajstić information content (AvgIpc) is 3.32. The third-order valence-corrected chi connectivity index (χ3v) is 5.29. The van der Waals surface area contributed by atoms with E-state index in [1.54, 1.807) is 0 Å². The van der Waals surface area contributed by atoms with Gasteiger partial charge in [-0.15, -0.1) is 5.10 Å². The Morgan fingerprint density at radius 1 is 1.19 bits per heavy atom. The van der Waals surface area contributed by atoms with Crippen molar-refractivity contribution < 1.29 is 9.13 Å². The largest absolute Gasteiger partial charge is 0.376 e. The van der Waals surface area contributed by atoms with Crippen molar-refractivity contribution in [3.8, 4) is 0 Å². The van der Waals surface area contributed by atoms with Crippen LogP contribution in [0.25, 0.3) is 0 Å². The number of likely N-dealkylation sites (N-methyl/N-ethyl adjacent to an activating group) is 1. The van der Waals surface area contributed by atoms with Crippen LogP contribution in [0.5, 0.6) is 0 Å². The second-order valence-electron chi connectivity index (χ2n) is 7.15. The third kappa shape index (κ3) is 3.77. The van der Waals surface area contributed by atoms with E-state index in [1.807, 2.05) is 16.8 Å². The van der Waals surface area contributed by atoms with Crippen molar-refractivity contribution in [1.82, 2.24) is 30.0 Å². The molecule has 8 heteroatoms. The average molecular weight is 360 g/mol. The molecule has 0 radical (unpaired) electrons. The molecule has 1 aromatic carbocycles. The standard InChI is InChI=1S/C18H25FN6O/c1-23-8-10-24(11-9-23)17(14-4-6-15(19)7-5-14)18-20-21-22-25(18)13-16-3-2-12-26-16/h4-7,16-17H,2-3,8-13H2,1H3. The fourth-order valence-corrected chi connectivity index (χ4v) is 3.77. The van der Waals surface area contributed by atoms with Gasteiger partial charge in [-0.25, -0.2) is 9.07 Å². The van der Waals surface area contributed by atoms with Crippen LogP contribution in [0.3, 0.4) is 0 Å². The number of piperazine rings is 1. The van der Waals surface area contributed by atoms with Gasteiger partial charge < -0.3 is 9.64 Å². The summed E-state index contributed by atoms with van der Waals surface area (Å²) in [6.45, 7) is 5.29. The minimum Gasteiger partial charge on any atom is -0.376 e. The zero-order valence-corrected chi connectivity index (χ0v) is 15.1. The number of aromatic nitrogens is 4. The first-order valence-corrected chi connectivity index (χ1v) is 9.26. The van der Waals surface area contributed by atoms with Crippen molar-refractivity contribution in [1.29, 1.82) is 0 Å². The molecule has 2 saturated heterocycles. The molecule has 0 aliphatic carbocycles. The Morgan fingerprint density at radius 3 is 2.65 bits per heavy atom. The van der Waals surface area contributed by atoms with E-state index in [4.69, 9.17) is 4.74 Å². The minimum absolute atomic E-state index is 0.0827. The van der Waals surface area contributed by atoms with Gasteiger partial charge in [0.05, 0.1) is 18.7 Å². The number of benzene rings is 1. The SMILES string of the molecule is CN1CCN(C(c2ccc(F)cc2)c2nnnn2CC2CCCO2)CC1. The van der Waals surface area contributed by atoms with Crippen molar-refractivity contribution >= 4 is 0 Å². The number of ether oxygens (including phenoxy) is 1. The fourth-order valence-electron chi connectivity index (χ4n) is 3.77. The lowest BCUT2D eigenvalue weighted by atomic mass is 10.0. The first-order chi connectivity index (χ1) is 12.7. The highest BCUT2D eigenvalue weighted by molar-refractivity contribution is 5.25. The lowest BCUT2D eigenvalue weighted by Gasteiger charge is -2.37. The molecule has 0 spiro atoms. The molecule has 7 nitrogen and oxygen atoms in total. The lowest BCUT2D eigenvalue weighted by molar-refractivity contribution is 0.0879. The summed E-state index contributed by atoms with van der Waals surface area (Å²) in [6.07, 6.45) is 2.29. The molecule has 0 N–H and O–H groups in total. The van der Waals surface area contributed by atoms with E-state index in [0.29, 0.717) is 6.54 Å². The molecule has 0 bridgehead atoms. The zero-order chi connectivity index (χ0) is 17.9. The molecule has 1 aromatic heterocycles. The molecule has 2 fully saturated rings. The summed E-state index contributed by atoms with van der Waals surface area (Å²) < 4.78 is 21.1.